The third kappa shape index (κ3) is 6.86. The van der Waals surface area contributed by atoms with E-state index in [9.17, 15) is 9.59 Å². The number of aromatic nitrogens is 2. The van der Waals surface area contributed by atoms with E-state index in [0.717, 1.165) is 60.3 Å². The molecule has 7 heteroatoms. The van der Waals surface area contributed by atoms with Crippen LogP contribution in [0.5, 0.6) is 0 Å². The van der Waals surface area contributed by atoms with Crippen LogP contribution in [0.2, 0.25) is 0 Å². The van der Waals surface area contributed by atoms with E-state index in [0.29, 0.717) is 30.2 Å². The minimum absolute atomic E-state index is 0.169. The first-order valence-corrected chi connectivity index (χ1v) is 17.2. The fourth-order valence-electron chi connectivity index (χ4n) is 7.59. The molecule has 4 aromatic carbocycles. The summed E-state index contributed by atoms with van der Waals surface area (Å²) in [6.45, 7) is 8.40. The van der Waals surface area contributed by atoms with E-state index in [-0.39, 0.29) is 17.4 Å². The highest BCUT2D eigenvalue weighted by atomic mass is 16.2. The largest absolute Gasteiger partial charge is 0.336 e. The highest BCUT2D eigenvalue weighted by Crippen LogP contribution is 2.40. The van der Waals surface area contributed by atoms with Gasteiger partial charge < -0.3 is 10.2 Å². The molecule has 246 valence electrons. The standard InChI is InChI=1S/C41H45N5O2/c1-27-12-16-34(17-13-27)46-38(26-37(44-46)41(2,3)4)43-40(48)42-33-11-7-8-28(22-33)20-30-23-35-18-19-36(24-30)45(35)39(47)25-29-14-15-31-9-5-6-10-32(31)21-29/h5-17,21-22,26,30,35-36H,18-20,23-25H2,1-4H3,(H2,42,43,48). The average Bonchev–Trinajstić information content (AvgIpc) is 3.60. The van der Waals surface area contributed by atoms with Gasteiger partial charge in [-0.1, -0.05) is 93.1 Å². The van der Waals surface area contributed by atoms with Crippen molar-refractivity contribution in [2.45, 2.75) is 83.7 Å². The molecular weight excluding hydrogens is 594 g/mol. The van der Waals surface area contributed by atoms with Gasteiger partial charge in [0.15, 0.2) is 0 Å². The number of urea groups is 1. The molecule has 0 saturated carbocycles. The van der Waals surface area contributed by atoms with Gasteiger partial charge in [-0.3, -0.25) is 10.1 Å². The Bertz CT molecular complexity index is 1940. The number of anilines is 2. The van der Waals surface area contributed by atoms with Crippen molar-refractivity contribution in [3.8, 4) is 5.69 Å². The number of piperidine rings is 1. The summed E-state index contributed by atoms with van der Waals surface area (Å²) in [5, 5.41) is 13.3. The van der Waals surface area contributed by atoms with Crippen molar-refractivity contribution in [2.24, 2.45) is 5.92 Å². The molecule has 2 fully saturated rings. The molecule has 5 aromatic rings. The van der Waals surface area contributed by atoms with Crippen molar-refractivity contribution in [1.29, 1.82) is 0 Å². The van der Waals surface area contributed by atoms with E-state index in [1.165, 1.54) is 16.3 Å². The van der Waals surface area contributed by atoms with Gasteiger partial charge in [-0.15, -0.1) is 0 Å². The molecule has 1 aromatic heterocycles. The monoisotopic (exact) mass is 639 g/mol. The van der Waals surface area contributed by atoms with Crippen molar-refractivity contribution in [3.05, 3.63) is 119 Å². The van der Waals surface area contributed by atoms with E-state index < -0.39 is 0 Å². The molecule has 7 rings (SSSR count). The molecule has 3 heterocycles. The molecule has 0 aliphatic carbocycles. The van der Waals surface area contributed by atoms with Gasteiger partial charge in [0.2, 0.25) is 5.91 Å². The van der Waals surface area contributed by atoms with Gasteiger partial charge in [0.1, 0.15) is 5.82 Å². The highest BCUT2D eigenvalue weighted by molar-refractivity contribution is 5.99. The molecule has 2 unspecified atom stereocenters. The Kier molecular flexibility index (Phi) is 8.54. The zero-order valence-electron chi connectivity index (χ0n) is 28.4. The second kappa shape index (κ2) is 12.9. The highest BCUT2D eigenvalue weighted by Gasteiger charge is 2.42. The Morgan fingerprint density at radius 2 is 1.52 bits per heavy atom. The van der Waals surface area contributed by atoms with Crippen LogP contribution >= 0.6 is 0 Å². The number of hydrogen-bond donors (Lipinski definition) is 2. The molecule has 2 atom stereocenters. The molecule has 2 saturated heterocycles. The van der Waals surface area contributed by atoms with Crippen LogP contribution in [0.25, 0.3) is 16.5 Å². The van der Waals surface area contributed by atoms with E-state index >= 15 is 0 Å². The summed E-state index contributed by atoms with van der Waals surface area (Å²) in [6, 6.07) is 33.2. The molecule has 48 heavy (non-hydrogen) atoms. The van der Waals surface area contributed by atoms with Gasteiger partial charge in [-0.05, 0) is 91.1 Å². The minimum Gasteiger partial charge on any atom is -0.336 e. The van der Waals surface area contributed by atoms with Crippen LogP contribution in [-0.4, -0.2) is 38.7 Å². The first kappa shape index (κ1) is 31.7. The van der Waals surface area contributed by atoms with Crippen LogP contribution in [0.3, 0.4) is 0 Å². The van der Waals surface area contributed by atoms with Crippen LogP contribution in [0, 0.1) is 12.8 Å². The zero-order valence-corrected chi connectivity index (χ0v) is 28.4. The molecule has 2 aliphatic rings. The predicted molar refractivity (Wildman–Crippen MR) is 194 cm³/mol. The van der Waals surface area contributed by atoms with Crippen molar-refractivity contribution in [1.82, 2.24) is 14.7 Å². The number of nitrogens with zero attached hydrogens (tertiary/aromatic N) is 3. The van der Waals surface area contributed by atoms with Crippen LogP contribution in [0.1, 0.15) is 68.8 Å². The van der Waals surface area contributed by atoms with Crippen LogP contribution in [0.4, 0.5) is 16.3 Å². The molecule has 2 aliphatic heterocycles. The average molecular weight is 640 g/mol. The normalized spacial score (nSPS) is 19.0. The minimum atomic E-state index is -0.308. The van der Waals surface area contributed by atoms with E-state index in [1.807, 2.05) is 54.6 Å². The number of carbonyl (C=O) groups excluding carboxylic acids is 2. The quantitative estimate of drug-likeness (QED) is 0.187. The lowest BCUT2D eigenvalue weighted by molar-refractivity contribution is -0.135. The van der Waals surface area contributed by atoms with Crippen LogP contribution in [0.15, 0.2) is 97.1 Å². The van der Waals surface area contributed by atoms with Crippen molar-refractivity contribution < 1.29 is 9.59 Å². The Morgan fingerprint density at radius 1 is 0.792 bits per heavy atom. The molecule has 2 bridgehead atoms. The van der Waals surface area contributed by atoms with Crippen LogP contribution < -0.4 is 10.6 Å². The fourth-order valence-corrected chi connectivity index (χ4v) is 7.59. The lowest BCUT2D eigenvalue weighted by atomic mass is 9.85. The number of benzene rings is 4. The van der Waals surface area contributed by atoms with Gasteiger partial charge >= 0.3 is 6.03 Å². The third-order valence-electron chi connectivity index (χ3n) is 10.00. The van der Waals surface area contributed by atoms with Crippen LogP contribution in [-0.2, 0) is 23.1 Å². The molecule has 0 spiro atoms. The molecule has 0 radical (unpaired) electrons. The van der Waals surface area contributed by atoms with Crippen molar-refractivity contribution in [3.63, 3.8) is 0 Å². The number of nitrogens with one attached hydrogen (secondary N) is 2. The summed E-state index contributed by atoms with van der Waals surface area (Å²) >= 11 is 0. The fraction of sp³-hybridized carbons (Fsp3) is 0.341. The summed E-state index contributed by atoms with van der Waals surface area (Å²) in [6.07, 6.45) is 5.62. The Balaban J connectivity index is 0.979. The van der Waals surface area contributed by atoms with E-state index in [2.05, 4.69) is 85.7 Å². The lowest BCUT2D eigenvalue weighted by Crippen LogP contribution is -2.47. The van der Waals surface area contributed by atoms with E-state index in [4.69, 9.17) is 5.10 Å². The van der Waals surface area contributed by atoms with E-state index in [1.54, 1.807) is 4.68 Å². The summed E-state index contributed by atoms with van der Waals surface area (Å²) < 4.78 is 1.79. The number of amides is 3. The molecular formula is C41H45N5O2. The number of fused-ring (bicyclic) bond motifs is 3. The second-order valence-corrected chi connectivity index (χ2v) is 14.8. The SMILES string of the molecule is Cc1ccc(-n2nc(C(C)(C)C)cc2NC(=O)Nc2cccc(CC3CC4CCC(C3)N4C(=O)Cc3ccc4ccccc4c3)c2)cc1. The lowest BCUT2D eigenvalue weighted by Gasteiger charge is -2.39. The first-order chi connectivity index (χ1) is 23.1. The maximum Gasteiger partial charge on any atom is 0.324 e. The summed E-state index contributed by atoms with van der Waals surface area (Å²) in [5.74, 6) is 1.39. The second-order valence-electron chi connectivity index (χ2n) is 14.8. The maximum absolute atomic E-state index is 13.5. The smallest absolute Gasteiger partial charge is 0.324 e. The number of rotatable bonds is 7. The summed E-state index contributed by atoms with van der Waals surface area (Å²) in [5.41, 5.74) is 5.83. The number of hydrogen-bond acceptors (Lipinski definition) is 3. The van der Waals surface area contributed by atoms with Gasteiger partial charge in [0, 0.05) is 29.3 Å². The van der Waals surface area contributed by atoms with Gasteiger partial charge in [-0.25, -0.2) is 9.48 Å². The Labute approximate surface area is 283 Å². The first-order valence-electron chi connectivity index (χ1n) is 17.2. The van der Waals surface area contributed by atoms with Gasteiger partial charge in [0.25, 0.3) is 0 Å². The maximum atomic E-state index is 13.5. The van der Waals surface area contributed by atoms with Gasteiger partial charge in [0.05, 0.1) is 17.8 Å². The Morgan fingerprint density at radius 3 is 2.25 bits per heavy atom. The molecule has 2 N–H and O–H groups in total. The van der Waals surface area contributed by atoms with Crippen molar-refractivity contribution in [2.75, 3.05) is 10.6 Å². The summed E-state index contributed by atoms with van der Waals surface area (Å²) in [4.78, 5) is 29.0. The molecule has 3 amide bonds. The number of carbonyl (C=O) groups is 2. The number of aryl methyl sites for hydroxylation is 1. The Hall–Kier alpha value is -4.91. The summed E-state index contributed by atoms with van der Waals surface area (Å²) in [7, 11) is 0. The predicted octanol–water partition coefficient (Wildman–Crippen LogP) is 8.83. The topological polar surface area (TPSA) is 79.3 Å². The zero-order chi connectivity index (χ0) is 33.4. The molecule has 7 nitrogen and oxygen atoms in total. The third-order valence-corrected chi connectivity index (χ3v) is 10.00. The van der Waals surface area contributed by atoms with Gasteiger partial charge in [-0.2, -0.15) is 5.10 Å². The van der Waals surface area contributed by atoms with Crippen molar-refractivity contribution >= 4 is 34.2 Å².